The summed E-state index contributed by atoms with van der Waals surface area (Å²) in [7, 11) is 0. The molecule has 0 spiro atoms. The number of nitrogens with one attached hydrogen (secondary N) is 1. The smallest absolute Gasteiger partial charge is 0.121 e. The van der Waals surface area contributed by atoms with Crippen LogP contribution in [0.5, 0.6) is 5.75 Å². The first-order valence-electron chi connectivity index (χ1n) is 15.5. The Hall–Kier alpha value is -1.92. The van der Waals surface area contributed by atoms with E-state index in [9.17, 15) is 15.3 Å². The van der Waals surface area contributed by atoms with Crippen molar-refractivity contribution in [2.24, 2.45) is 0 Å². The van der Waals surface area contributed by atoms with Crippen LogP contribution >= 0.6 is 0 Å². The van der Waals surface area contributed by atoms with E-state index in [2.05, 4.69) is 5.32 Å². The third kappa shape index (κ3) is 9.72. The Bertz CT molecular complexity index is 1140. The minimum absolute atomic E-state index is 0.0194. The normalized spacial score (nSPS) is 19.5. The lowest BCUT2D eigenvalue weighted by Crippen LogP contribution is -2.22. The minimum Gasteiger partial charge on any atom is -0.508 e. The zero-order valence-corrected chi connectivity index (χ0v) is 16.9. The highest BCUT2D eigenvalue weighted by Gasteiger charge is 2.09. The molecule has 0 aromatic heterocycles. The Morgan fingerprint density at radius 1 is 1.00 bits per heavy atom. The molecule has 2 aromatic rings. The number of aryl methyl sites for hydroxylation is 1. The van der Waals surface area contributed by atoms with Gasteiger partial charge in [0.1, 0.15) is 5.75 Å². The average Bonchev–Trinajstić information content (AvgIpc) is 2.83. The quantitative estimate of drug-likeness (QED) is 0.304. The van der Waals surface area contributed by atoms with Crippen molar-refractivity contribution in [1.82, 2.24) is 5.32 Å². The van der Waals surface area contributed by atoms with Crippen LogP contribution in [0.1, 0.15) is 76.4 Å². The van der Waals surface area contributed by atoms with Crippen molar-refractivity contribution in [1.29, 1.82) is 0 Å². The number of benzene rings is 2. The summed E-state index contributed by atoms with van der Waals surface area (Å²) in [5.74, 6) is -1.15. The molecule has 0 fully saturated rings. The van der Waals surface area contributed by atoms with E-state index in [0.29, 0.717) is 32.1 Å². The summed E-state index contributed by atoms with van der Waals surface area (Å²) < 4.78 is 92.1. The number of hydrogen-bond acceptors (Lipinski definition) is 5. The summed E-state index contributed by atoms with van der Waals surface area (Å²) in [6, 6.07) is 6.68. The lowest BCUT2D eigenvalue weighted by Gasteiger charge is -2.14. The van der Waals surface area contributed by atoms with Crippen LogP contribution in [0.15, 0.2) is 48.5 Å². The maximum atomic E-state index is 10.6. The van der Waals surface area contributed by atoms with Gasteiger partial charge in [0.15, 0.2) is 0 Å². The molecule has 2 rings (SSSR count). The van der Waals surface area contributed by atoms with Gasteiger partial charge in [-0.15, -0.1) is 0 Å². The third-order valence-corrected chi connectivity index (χ3v) is 4.25. The Morgan fingerprint density at radius 2 is 1.73 bits per heavy atom. The molecule has 5 heteroatoms. The molecule has 0 saturated carbocycles. The number of phenols is 1. The summed E-state index contributed by atoms with van der Waals surface area (Å²) in [6.45, 7) is -10.3. The van der Waals surface area contributed by atoms with Gasteiger partial charge in [-0.05, 0) is 61.9 Å². The van der Waals surface area contributed by atoms with Gasteiger partial charge in [0.2, 0.25) is 0 Å². The molecular weight excluding hydrogens is 378 g/mol. The molecule has 30 heavy (non-hydrogen) atoms. The Balaban J connectivity index is 1.85. The van der Waals surface area contributed by atoms with Crippen LogP contribution in [-0.2, 0) is 17.7 Å². The molecule has 2 aromatic carbocycles. The van der Waals surface area contributed by atoms with E-state index >= 15 is 0 Å². The Labute approximate surface area is 196 Å². The highest BCUT2D eigenvalue weighted by atomic mass is 16.5. The molecule has 0 heterocycles. The van der Waals surface area contributed by atoms with Crippen molar-refractivity contribution in [2.45, 2.75) is 57.6 Å². The molecule has 0 aliphatic rings. The average molecular weight is 427 g/mol. The van der Waals surface area contributed by atoms with E-state index in [4.69, 9.17) is 19.8 Å². The second-order valence-corrected chi connectivity index (χ2v) is 6.64. The van der Waals surface area contributed by atoms with Gasteiger partial charge >= 0.3 is 0 Å². The van der Waals surface area contributed by atoms with Gasteiger partial charge in [-0.25, -0.2) is 0 Å². The van der Waals surface area contributed by atoms with E-state index < -0.39 is 67.3 Å². The number of ether oxygens (including phenoxy) is 1. The molecule has 0 aliphatic heterocycles. The second-order valence-electron chi connectivity index (χ2n) is 6.64. The molecule has 0 aliphatic carbocycles. The number of rotatable bonds is 16. The van der Waals surface area contributed by atoms with Crippen molar-refractivity contribution in [3.63, 3.8) is 0 Å². The number of unbranched alkanes of at least 4 members (excludes halogenated alkanes) is 2. The van der Waals surface area contributed by atoms with E-state index in [0.717, 1.165) is 5.56 Å². The van der Waals surface area contributed by atoms with Gasteiger partial charge in [0.25, 0.3) is 0 Å². The van der Waals surface area contributed by atoms with Crippen LogP contribution in [0.4, 0.5) is 0 Å². The van der Waals surface area contributed by atoms with Gasteiger partial charge in [0.05, 0.1) is 25.0 Å². The van der Waals surface area contributed by atoms with Gasteiger partial charge in [-0.2, -0.15) is 0 Å². The van der Waals surface area contributed by atoms with Crippen LogP contribution in [-0.4, -0.2) is 41.5 Å². The molecule has 4 N–H and O–H groups in total. The Kier molecular flexibility index (Phi) is 6.40. The van der Waals surface area contributed by atoms with Crippen LogP contribution in [0.25, 0.3) is 0 Å². The van der Waals surface area contributed by atoms with Crippen LogP contribution in [0.2, 0.25) is 0 Å². The zero-order valence-electron chi connectivity index (χ0n) is 27.9. The molecule has 1 atom stereocenters. The van der Waals surface area contributed by atoms with E-state index in [1.807, 2.05) is 30.3 Å². The van der Waals surface area contributed by atoms with E-state index in [1.165, 1.54) is 0 Å². The number of aliphatic hydroxyl groups excluding tert-OH is 1. The van der Waals surface area contributed by atoms with Crippen molar-refractivity contribution >= 4 is 0 Å². The van der Waals surface area contributed by atoms with Gasteiger partial charge in [-0.3, -0.25) is 0 Å². The molecular formula is C25H37NO4. The standard InChI is InChI=1S/C25H37NO4/c27-20-23-18-22(13-14-24(23)28)25(29)19-26-15-7-1-2-8-16-30-17-9-6-12-21-10-4-3-5-11-21/h3-5,10-11,13-14,18,25-29H,1-2,6-9,12,15-17,19-20H2/i13D,14D,16D2,17D2,18D,19D2,20D2. The predicted molar refractivity (Wildman–Crippen MR) is 121 cm³/mol. The highest BCUT2D eigenvalue weighted by Crippen LogP contribution is 2.22. The lowest BCUT2D eigenvalue weighted by molar-refractivity contribution is 0.126. The maximum absolute atomic E-state index is 10.6. The summed E-state index contributed by atoms with van der Waals surface area (Å²) >= 11 is 0. The van der Waals surface area contributed by atoms with E-state index in [1.54, 1.807) is 0 Å². The van der Waals surface area contributed by atoms with Crippen molar-refractivity contribution in [2.75, 3.05) is 26.2 Å². The molecule has 5 nitrogen and oxygen atoms in total. The fourth-order valence-corrected chi connectivity index (χ4v) is 2.62. The molecule has 166 valence electrons. The largest absolute Gasteiger partial charge is 0.508 e. The SMILES string of the molecule is [2H]c1c([2H])c(C(O)C([2H])([2H])NCCCCCC([2H])([2H])OC([2H])([2H])CCCc2ccccc2)c([2H])c(C([2H])([2H])O)c1O. The summed E-state index contributed by atoms with van der Waals surface area (Å²) in [5, 5.41) is 32.7. The van der Waals surface area contributed by atoms with Crippen LogP contribution in [0.3, 0.4) is 0 Å². The Morgan fingerprint density at radius 3 is 2.50 bits per heavy atom. The van der Waals surface area contributed by atoms with Gasteiger partial charge < -0.3 is 25.4 Å². The van der Waals surface area contributed by atoms with E-state index in [-0.39, 0.29) is 19.4 Å². The van der Waals surface area contributed by atoms with Crippen LogP contribution in [0, 0.1) is 0 Å². The monoisotopic (exact) mass is 426 g/mol. The van der Waals surface area contributed by atoms with Gasteiger partial charge in [0, 0.05) is 27.9 Å². The maximum Gasteiger partial charge on any atom is 0.121 e. The molecule has 0 bridgehead atoms. The van der Waals surface area contributed by atoms with Crippen molar-refractivity contribution in [3.8, 4) is 5.75 Å². The first-order chi connectivity index (χ1) is 18.8. The second kappa shape index (κ2) is 15.0. The molecule has 1 unspecified atom stereocenters. The fraction of sp³-hybridized carbons (Fsp3) is 0.520. The van der Waals surface area contributed by atoms with Crippen molar-refractivity contribution < 1.29 is 35.1 Å². The molecule has 0 radical (unpaired) electrons. The number of aliphatic hydroxyl groups is 2. The number of hydrogen-bond donors (Lipinski definition) is 4. The first-order valence-corrected chi connectivity index (χ1v) is 10.0. The lowest BCUT2D eigenvalue weighted by atomic mass is 10.1. The highest BCUT2D eigenvalue weighted by molar-refractivity contribution is 5.36. The minimum atomic E-state index is -3.28. The summed E-state index contributed by atoms with van der Waals surface area (Å²) in [5.41, 5.74) is -0.777. The first kappa shape index (κ1) is 12.8. The summed E-state index contributed by atoms with van der Waals surface area (Å²) in [4.78, 5) is 0. The van der Waals surface area contributed by atoms with Gasteiger partial charge in [-0.1, -0.05) is 49.2 Å². The van der Waals surface area contributed by atoms with Crippen LogP contribution < -0.4 is 5.32 Å². The molecule has 0 saturated heterocycles. The predicted octanol–water partition coefficient (Wildman–Crippen LogP) is 4.11. The summed E-state index contributed by atoms with van der Waals surface area (Å²) in [6.07, 6.45) is -0.161. The number of aromatic hydroxyl groups is 1. The topological polar surface area (TPSA) is 82.0 Å². The fourth-order valence-electron chi connectivity index (χ4n) is 2.62. The molecule has 0 amide bonds. The van der Waals surface area contributed by atoms with Crippen molar-refractivity contribution in [3.05, 3.63) is 65.1 Å². The zero-order chi connectivity index (χ0) is 31.2. The third-order valence-electron chi connectivity index (χ3n) is 4.25.